The van der Waals surface area contributed by atoms with Gasteiger partial charge in [0.15, 0.2) is 5.65 Å². The minimum absolute atomic E-state index is 0.0825. The molecule has 1 N–H and O–H groups in total. The molecule has 0 radical (unpaired) electrons. The van der Waals surface area contributed by atoms with Crippen LogP contribution in [0.25, 0.3) is 5.65 Å². The lowest BCUT2D eigenvalue weighted by Crippen LogP contribution is -2.14. The average molecular weight is 368 g/mol. The van der Waals surface area contributed by atoms with E-state index in [2.05, 4.69) is 15.4 Å². The SMILES string of the molecule is COc1cc(NC(=O)CCc2c(C)nc3cc(C)nn3c2C)cc(OC)c1. The van der Waals surface area contributed by atoms with E-state index in [9.17, 15) is 4.79 Å². The summed E-state index contributed by atoms with van der Waals surface area (Å²) in [6.45, 7) is 5.92. The van der Waals surface area contributed by atoms with Crippen molar-refractivity contribution < 1.29 is 14.3 Å². The van der Waals surface area contributed by atoms with Crippen LogP contribution in [0.2, 0.25) is 0 Å². The molecule has 0 spiro atoms. The fourth-order valence-electron chi connectivity index (χ4n) is 3.14. The fourth-order valence-corrected chi connectivity index (χ4v) is 3.14. The highest BCUT2D eigenvalue weighted by atomic mass is 16.5. The molecular formula is C20H24N4O3. The van der Waals surface area contributed by atoms with Crippen LogP contribution in [0.4, 0.5) is 5.69 Å². The Kier molecular flexibility index (Phi) is 5.30. The van der Waals surface area contributed by atoms with Gasteiger partial charge in [0, 0.05) is 47.8 Å². The topological polar surface area (TPSA) is 77.8 Å². The van der Waals surface area contributed by atoms with Crippen molar-refractivity contribution in [3.63, 3.8) is 0 Å². The Bertz CT molecular complexity index is 972. The Balaban J connectivity index is 1.74. The molecule has 7 heteroatoms. The van der Waals surface area contributed by atoms with E-state index < -0.39 is 0 Å². The van der Waals surface area contributed by atoms with Crippen LogP contribution in [0.5, 0.6) is 11.5 Å². The number of rotatable bonds is 6. The Morgan fingerprint density at radius 2 is 1.74 bits per heavy atom. The van der Waals surface area contributed by atoms with Crippen molar-refractivity contribution in [2.45, 2.75) is 33.6 Å². The first-order chi connectivity index (χ1) is 12.9. The minimum Gasteiger partial charge on any atom is -0.497 e. The van der Waals surface area contributed by atoms with Gasteiger partial charge in [0.05, 0.1) is 19.9 Å². The van der Waals surface area contributed by atoms with Crippen molar-refractivity contribution >= 4 is 17.2 Å². The normalized spacial score (nSPS) is 10.9. The number of anilines is 1. The van der Waals surface area contributed by atoms with Gasteiger partial charge in [-0.2, -0.15) is 5.10 Å². The zero-order valence-electron chi connectivity index (χ0n) is 16.3. The van der Waals surface area contributed by atoms with E-state index in [-0.39, 0.29) is 5.91 Å². The molecule has 27 heavy (non-hydrogen) atoms. The van der Waals surface area contributed by atoms with Crippen molar-refractivity contribution in [2.75, 3.05) is 19.5 Å². The summed E-state index contributed by atoms with van der Waals surface area (Å²) in [5.41, 5.74) is 5.38. The maximum Gasteiger partial charge on any atom is 0.224 e. The molecular weight excluding hydrogens is 344 g/mol. The zero-order chi connectivity index (χ0) is 19.6. The third-order valence-corrected chi connectivity index (χ3v) is 4.52. The van der Waals surface area contributed by atoms with E-state index in [1.54, 1.807) is 32.4 Å². The van der Waals surface area contributed by atoms with Crippen LogP contribution < -0.4 is 14.8 Å². The highest BCUT2D eigenvalue weighted by molar-refractivity contribution is 5.91. The highest BCUT2D eigenvalue weighted by Crippen LogP contribution is 2.26. The lowest BCUT2D eigenvalue weighted by atomic mass is 10.1. The van der Waals surface area contributed by atoms with E-state index in [1.807, 2.05) is 31.4 Å². The quantitative estimate of drug-likeness (QED) is 0.723. The monoisotopic (exact) mass is 368 g/mol. The van der Waals surface area contributed by atoms with Crippen LogP contribution >= 0.6 is 0 Å². The average Bonchev–Trinajstić information content (AvgIpc) is 3.01. The molecule has 0 aliphatic carbocycles. The number of hydrogen-bond acceptors (Lipinski definition) is 5. The number of nitrogens with zero attached hydrogens (tertiary/aromatic N) is 3. The van der Waals surface area contributed by atoms with Gasteiger partial charge in [-0.1, -0.05) is 0 Å². The molecule has 2 heterocycles. The van der Waals surface area contributed by atoms with E-state index >= 15 is 0 Å². The van der Waals surface area contributed by atoms with Crippen molar-refractivity contribution in [3.05, 3.63) is 46.9 Å². The minimum atomic E-state index is -0.0825. The second-order valence-electron chi connectivity index (χ2n) is 6.47. The van der Waals surface area contributed by atoms with Gasteiger partial charge in [-0.15, -0.1) is 0 Å². The number of methoxy groups -OCH3 is 2. The first kappa shape index (κ1) is 18.7. The Labute approximate surface area is 158 Å². The number of benzene rings is 1. The number of hydrogen-bond donors (Lipinski definition) is 1. The molecule has 0 saturated heterocycles. The number of aryl methyl sites for hydroxylation is 3. The van der Waals surface area contributed by atoms with E-state index in [1.165, 1.54) is 0 Å². The van der Waals surface area contributed by atoms with Gasteiger partial charge in [-0.05, 0) is 32.8 Å². The summed E-state index contributed by atoms with van der Waals surface area (Å²) in [4.78, 5) is 17.0. The third kappa shape index (κ3) is 4.02. The van der Waals surface area contributed by atoms with Gasteiger partial charge in [0.2, 0.25) is 5.91 Å². The molecule has 1 aromatic carbocycles. The van der Waals surface area contributed by atoms with Crippen molar-refractivity contribution in [3.8, 4) is 11.5 Å². The molecule has 0 unspecified atom stereocenters. The second-order valence-corrected chi connectivity index (χ2v) is 6.47. The van der Waals surface area contributed by atoms with Gasteiger partial charge in [-0.3, -0.25) is 4.79 Å². The summed E-state index contributed by atoms with van der Waals surface area (Å²) < 4.78 is 12.3. The molecule has 0 aliphatic heterocycles. The van der Waals surface area contributed by atoms with Crippen LogP contribution in [0, 0.1) is 20.8 Å². The number of carbonyl (C=O) groups excluding carboxylic acids is 1. The Hall–Kier alpha value is -3.09. The number of amides is 1. The second kappa shape index (κ2) is 7.65. The molecule has 3 rings (SSSR count). The number of ether oxygens (including phenoxy) is 2. The Morgan fingerprint density at radius 1 is 1.07 bits per heavy atom. The van der Waals surface area contributed by atoms with Gasteiger partial charge >= 0.3 is 0 Å². The highest BCUT2D eigenvalue weighted by Gasteiger charge is 2.13. The maximum absolute atomic E-state index is 12.4. The molecule has 1 amide bonds. The lowest BCUT2D eigenvalue weighted by Gasteiger charge is -2.12. The summed E-state index contributed by atoms with van der Waals surface area (Å²) in [7, 11) is 3.15. The Morgan fingerprint density at radius 3 is 2.37 bits per heavy atom. The zero-order valence-corrected chi connectivity index (χ0v) is 16.3. The number of carbonyl (C=O) groups is 1. The van der Waals surface area contributed by atoms with Crippen molar-refractivity contribution in [1.82, 2.24) is 14.6 Å². The van der Waals surface area contributed by atoms with Crippen LogP contribution in [0.1, 0.15) is 29.1 Å². The van der Waals surface area contributed by atoms with Gasteiger partial charge in [0.25, 0.3) is 0 Å². The lowest BCUT2D eigenvalue weighted by molar-refractivity contribution is -0.116. The number of fused-ring (bicyclic) bond motifs is 1. The predicted molar refractivity (Wildman–Crippen MR) is 104 cm³/mol. The molecule has 142 valence electrons. The molecule has 0 atom stereocenters. The van der Waals surface area contributed by atoms with Crippen LogP contribution in [-0.4, -0.2) is 34.7 Å². The van der Waals surface area contributed by atoms with Crippen molar-refractivity contribution in [2.24, 2.45) is 0 Å². The molecule has 0 saturated carbocycles. The fraction of sp³-hybridized carbons (Fsp3) is 0.350. The molecule has 0 aliphatic rings. The standard InChI is InChI=1S/C20H24N4O3/c1-12-8-19-21-13(2)18(14(3)24(19)23-12)6-7-20(25)22-15-9-16(26-4)11-17(10-15)27-5/h8-11H,6-7H2,1-5H3,(H,22,25). The molecule has 0 fully saturated rings. The predicted octanol–water partition coefficient (Wildman–Crippen LogP) is 3.24. The molecule has 7 nitrogen and oxygen atoms in total. The van der Waals surface area contributed by atoms with Crippen LogP contribution in [0.3, 0.4) is 0 Å². The molecule has 3 aromatic rings. The van der Waals surface area contributed by atoms with E-state index in [0.29, 0.717) is 30.0 Å². The third-order valence-electron chi connectivity index (χ3n) is 4.52. The van der Waals surface area contributed by atoms with Gasteiger partial charge in [-0.25, -0.2) is 9.50 Å². The summed E-state index contributed by atoms with van der Waals surface area (Å²) in [6.07, 6.45) is 0.932. The largest absolute Gasteiger partial charge is 0.497 e. The van der Waals surface area contributed by atoms with Crippen LogP contribution in [-0.2, 0) is 11.2 Å². The van der Waals surface area contributed by atoms with Crippen molar-refractivity contribution in [1.29, 1.82) is 0 Å². The summed E-state index contributed by atoms with van der Waals surface area (Å²) in [6, 6.07) is 7.23. The van der Waals surface area contributed by atoms with E-state index in [4.69, 9.17) is 9.47 Å². The van der Waals surface area contributed by atoms with Crippen LogP contribution in [0.15, 0.2) is 24.3 Å². The van der Waals surface area contributed by atoms with E-state index in [0.717, 1.165) is 28.3 Å². The number of aromatic nitrogens is 3. The first-order valence-corrected chi connectivity index (χ1v) is 8.76. The molecule has 2 aromatic heterocycles. The van der Waals surface area contributed by atoms with Gasteiger partial charge < -0.3 is 14.8 Å². The summed E-state index contributed by atoms with van der Waals surface area (Å²) >= 11 is 0. The smallest absolute Gasteiger partial charge is 0.224 e. The summed E-state index contributed by atoms with van der Waals surface area (Å²) in [5, 5.41) is 7.37. The number of nitrogens with one attached hydrogen (secondary N) is 1. The first-order valence-electron chi connectivity index (χ1n) is 8.76. The molecule has 0 bridgehead atoms. The maximum atomic E-state index is 12.4. The van der Waals surface area contributed by atoms with Gasteiger partial charge in [0.1, 0.15) is 11.5 Å². The summed E-state index contributed by atoms with van der Waals surface area (Å²) in [5.74, 6) is 1.17.